The second-order valence-corrected chi connectivity index (χ2v) is 6.38. The zero-order chi connectivity index (χ0) is 14.7. The lowest BCUT2D eigenvalue weighted by Crippen LogP contribution is -2.40. The van der Waals surface area contributed by atoms with Crippen molar-refractivity contribution in [3.05, 3.63) is 12.2 Å². The summed E-state index contributed by atoms with van der Waals surface area (Å²) in [5, 5.41) is 0. The van der Waals surface area contributed by atoms with Crippen LogP contribution in [0.3, 0.4) is 0 Å². The number of carbonyl (C=O) groups is 2. The summed E-state index contributed by atoms with van der Waals surface area (Å²) in [7, 11) is 0. The first-order chi connectivity index (χ1) is 8.74. The van der Waals surface area contributed by atoms with Gasteiger partial charge in [0.1, 0.15) is 0 Å². The predicted octanol–water partition coefficient (Wildman–Crippen LogP) is 3.53. The Bertz CT molecular complexity index is 381. The van der Waals surface area contributed by atoms with Crippen LogP contribution in [0.15, 0.2) is 12.2 Å². The number of allylic oxidation sites excluding steroid dienone is 2. The average molecular weight is 266 g/mol. The van der Waals surface area contributed by atoms with E-state index in [2.05, 4.69) is 19.9 Å². The van der Waals surface area contributed by atoms with Gasteiger partial charge in [0.15, 0.2) is 12.4 Å². The molecule has 0 unspecified atom stereocenters. The number of ether oxygens (including phenoxy) is 1. The molecule has 19 heavy (non-hydrogen) atoms. The quantitative estimate of drug-likeness (QED) is 0.545. The van der Waals surface area contributed by atoms with Crippen LogP contribution in [-0.4, -0.2) is 18.4 Å². The highest BCUT2D eigenvalue weighted by molar-refractivity contribution is 5.89. The highest BCUT2D eigenvalue weighted by Crippen LogP contribution is 2.48. The van der Waals surface area contributed by atoms with Crippen molar-refractivity contribution in [3.63, 3.8) is 0 Å². The Balaban J connectivity index is 2.55. The van der Waals surface area contributed by atoms with E-state index in [4.69, 9.17) is 4.74 Å². The molecule has 0 aromatic heterocycles. The lowest BCUT2D eigenvalue weighted by molar-refractivity contribution is -0.155. The predicted molar refractivity (Wildman–Crippen MR) is 75.7 cm³/mol. The van der Waals surface area contributed by atoms with Gasteiger partial charge < -0.3 is 4.74 Å². The molecule has 0 aliphatic heterocycles. The molecule has 0 fully saturated rings. The molecule has 0 saturated heterocycles. The Labute approximate surface area is 116 Å². The molecule has 0 saturated carbocycles. The Morgan fingerprint density at radius 1 is 1.32 bits per heavy atom. The van der Waals surface area contributed by atoms with Gasteiger partial charge >= 0.3 is 5.97 Å². The summed E-state index contributed by atoms with van der Waals surface area (Å²) in [5.41, 5.74) is -0.632. The van der Waals surface area contributed by atoms with Crippen LogP contribution in [-0.2, 0) is 14.3 Å². The smallest absolute Gasteiger partial charge is 0.309 e. The molecular formula is C16H26O3. The van der Waals surface area contributed by atoms with Gasteiger partial charge in [-0.3, -0.25) is 9.59 Å². The minimum atomic E-state index is -0.457. The third kappa shape index (κ3) is 3.26. The maximum atomic E-state index is 12.4. The molecule has 1 rings (SSSR count). The fourth-order valence-electron chi connectivity index (χ4n) is 2.50. The van der Waals surface area contributed by atoms with Gasteiger partial charge in [0, 0.05) is 5.41 Å². The average Bonchev–Trinajstić information content (AvgIpc) is 2.61. The summed E-state index contributed by atoms with van der Waals surface area (Å²) in [6.45, 7) is 9.83. The van der Waals surface area contributed by atoms with Gasteiger partial charge in [-0.2, -0.15) is 0 Å². The van der Waals surface area contributed by atoms with Crippen molar-refractivity contribution < 1.29 is 14.3 Å². The highest BCUT2D eigenvalue weighted by Gasteiger charge is 2.47. The zero-order valence-corrected chi connectivity index (χ0v) is 12.8. The standard InChI is InChI=1S/C16H26O3/c1-6-8-12(2)14(18)19-11-13(17)16(5)10-7-9-15(16,3)4/h7,9,12H,6,8,10-11H2,1-5H3/t12-,16-/m1/s1. The molecule has 0 N–H and O–H groups in total. The van der Waals surface area contributed by atoms with Gasteiger partial charge in [-0.25, -0.2) is 0 Å². The van der Waals surface area contributed by atoms with E-state index in [1.165, 1.54) is 0 Å². The molecule has 3 heteroatoms. The number of Topliss-reactive ketones (excluding diaryl/α,β-unsaturated/α-hetero) is 1. The number of esters is 1. The van der Waals surface area contributed by atoms with Gasteiger partial charge in [-0.05, 0) is 18.3 Å². The molecule has 1 aliphatic carbocycles. The van der Waals surface area contributed by atoms with Crippen molar-refractivity contribution in [1.82, 2.24) is 0 Å². The Kier molecular flexibility index (Phi) is 4.94. The molecule has 1 aliphatic rings. The van der Waals surface area contributed by atoms with Crippen molar-refractivity contribution in [2.24, 2.45) is 16.7 Å². The SMILES string of the molecule is CCC[C@@H](C)C(=O)OCC(=O)[C@@]1(C)CC=CC1(C)C. The molecule has 0 bridgehead atoms. The van der Waals surface area contributed by atoms with Crippen LogP contribution in [0.4, 0.5) is 0 Å². The molecule has 0 aromatic rings. The topological polar surface area (TPSA) is 43.4 Å². The Morgan fingerprint density at radius 3 is 2.42 bits per heavy atom. The van der Waals surface area contributed by atoms with E-state index in [0.717, 1.165) is 19.3 Å². The van der Waals surface area contributed by atoms with Crippen LogP contribution in [0.2, 0.25) is 0 Å². The molecule has 0 spiro atoms. The fraction of sp³-hybridized carbons (Fsp3) is 0.750. The van der Waals surface area contributed by atoms with E-state index in [-0.39, 0.29) is 29.7 Å². The van der Waals surface area contributed by atoms with Crippen molar-refractivity contribution in [3.8, 4) is 0 Å². The van der Waals surface area contributed by atoms with Gasteiger partial charge in [0.2, 0.25) is 0 Å². The summed E-state index contributed by atoms with van der Waals surface area (Å²) in [4.78, 5) is 24.1. The van der Waals surface area contributed by atoms with Crippen molar-refractivity contribution in [1.29, 1.82) is 0 Å². The van der Waals surface area contributed by atoms with E-state index in [9.17, 15) is 9.59 Å². The minimum Gasteiger partial charge on any atom is -0.457 e. The van der Waals surface area contributed by atoms with E-state index < -0.39 is 5.41 Å². The number of hydrogen-bond acceptors (Lipinski definition) is 3. The lowest BCUT2D eigenvalue weighted by atomic mass is 9.66. The van der Waals surface area contributed by atoms with Crippen LogP contribution in [0.25, 0.3) is 0 Å². The van der Waals surface area contributed by atoms with Crippen LogP contribution >= 0.6 is 0 Å². The van der Waals surface area contributed by atoms with Gasteiger partial charge in [-0.1, -0.05) is 53.2 Å². The van der Waals surface area contributed by atoms with E-state index in [1.807, 2.05) is 26.8 Å². The third-order valence-electron chi connectivity index (χ3n) is 4.57. The first-order valence-electron chi connectivity index (χ1n) is 7.12. The van der Waals surface area contributed by atoms with Crippen LogP contribution < -0.4 is 0 Å². The molecule has 108 valence electrons. The summed E-state index contributed by atoms with van der Waals surface area (Å²) in [5.74, 6) is -0.373. The van der Waals surface area contributed by atoms with E-state index >= 15 is 0 Å². The highest BCUT2D eigenvalue weighted by atomic mass is 16.5. The van der Waals surface area contributed by atoms with Crippen LogP contribution in [0.5, 0.6) is 0 Å². The van der Waals surface area contributed by atoms with Gasteiger partial charge in [0.25, 0.3) is 0 Å². The summed E-state index contributed by atoms with van der Waals surface area (Å²) in [6, 6.07) is 0. The molecule has 0 radical (unpaired) electrons. The number of ketones is 1. The maximum absolute atomic E-state index is 12.4. The first-order valence-corrected chi connectivity index (χ1v) is 7.12. The normalized spacial score (nSPS) is 26.2. The number of hydrogen-bond donors (Lipinski definition) is 0. The zero-order valence-electron chi connectivity index (χ0n) is 12.8. The largest absolute Gasteiger partial charge is 0.457 e. The minimum absolute atomic E-state index is 0.0135. The Hall–Kier alpha value is -1.12. The summed E-state index contributed by atoms with van der Waals surface area (Å²) < 4.78 is 5.17. The lowest BCUT2D eigenvalue weighted by Gasteiger charge is -2.36. The fourth-order valence-corrected chi connectivity index (χ4v) is 2.50. The second-order valence-electron chi connectivity index (χ2n) is 6.38. The summed E-state index contributed by atoms with van der Waals surface area (Å²) >= 11 is 0. The van der Waals surface area contributed by atoms with Crippen molar-refractivity contribution in [2.45, 2.75) is 53.9 Å². The van der Waals surface area contributed by atoms with Crippen LogP contribution in [0.1, 0.15) is 53.9 Å². The number of rotatable bonds is 6. The Morgan fingerprint density at radius 2 is 1.95 bits per heavy atom. The maximum Gasteiger partial charge on any atom is 0.309 e. The van der Waals surface area contributed by atoms with Gasteiger partial charge in [0.05, 0.1) is 5.92 Å². The molecule has 0 heterocycles. The van der Waals surface area contributed by atoms with Crippen molar-refractivity contribution >= 4 is 11.8 Å². The molecule has 2 atom stereocenters. The molecule has 3 nitrogen and oxygen atoms in total. The second kappa shape index (κ2) is 5.89. The van der Waals surface area contributed by atoms with Crippen molar-refractivity contribution in [2.75, 3.05) is 6.61 Å². The molecule has 0 aromatic carbocycles. The monoisotopic (exact) mass is 266 g/mol. The molecular weight excluding hydrogens is 240 g/mol. The first kappa shape index (κ1) is 15.9. The third-order valence-corrected chi connectivity index (χ3v) is 4.57. The van der Waals surface area contributed by atoms with E-state index in [0.29, 0.717) is 0 Å². The molecule has 0 amide bonds. The van der Waals surface area contributed by atoms with E-state index in [1.54, 1.807) is 0 Å². The number of carbonyl (C=O) groups excluding carboxylic acids is 2. The van der Waals surface area contributed by atoms with Crippen LogP contribution in [0, 0.1) is 16.7 Å². The summed E-state index contributed by atoms with van der Waals surface area (Å²) in [6.07, 6.45) is 6.59. The van der Waals surface area contributed by atoms with Gasteiger partial charge in [-0.15, -0.1) is 0 Å².